The number of pyridine rings is 1. The zero-order chi connectivity index (χ0) is 13.5. The molecule has 0 spiro atoms. The first-order valence-corrected chi connectivity index (χ1v) is 6.06. The molecule has 0 amide bonds. The monoisotopic (exact) mass is 256 g/mol. The molecule has 0 fully saturated rings. The van der Waals surface area contributed by atoms with E-state index in [0.29, 0.717) is 18.7 Å². The van der Waals surface area contributed by atoms with Crippen LogP contribution in [0.15, 0.2) is 53.9 Å². The van der Waals surface area contributed by atoms with Gasteiger partial charge in [0.05, 0.1) is 5.71 Å². The van der Waals surface area contributed by atoms with Crippen molar-refractivity contribution in [3.8, 4) is 5.75 Å². The van der Waals surface area contributed by atoms with Crippen LogP contribution >= 0.6 is 0 Å². The summed E-state index contributed by atoms with van der Waals surface area (Å²) in [7, 11) is 0. The van der Waals surface area contributed by atoms with Gasteiger partial charge in [0.1, 0.15) is 12.4 Å². The van der Waals surface area contributed by atoms with Crippen molar-refractivity contribution in [1.29, 1.82) is 0 Å². The lowest BCUT2D eigenvalue weighted by molar-refractivity contribution is 0.305. The van der Waals surface area contributed by atoms with Gasteiger partial charge < -0.3 is 9.94 Å². The number of benzene rings is 1. The van der Waals surface area contributed by atoms with Gasteiger partial charge in [0.15, 0.2) is 0 Å². The summed E-state index contributed by atoms with van der Waals surface area (Å²) in [6.45, 7) is 2.29. The van der Waals surface area contributed by atoms with Crippen molar-refractivity contribution in [2.24, 2.45) is 5.16 Å². The molecule has 1 aromatic heterocycles. The second-order valence-corrected chi connectivity index (χ2v) is 4.31. The third kappa shape index (κ3) is 4.10. The summed E-state index contributed by atoms with van der Waals surface area (Å²) in [5.41, 5.74) is 2.81. The maximum absolute atomic E-state index is 8.62. The van der Waals surface area contributed by atoms with E-state index in [4.69, 9.17) is 9.94 Å². The van der Waals surface area contributed by atoms with Gasteiger partial charge in [-0.1, -0.05) is 23.4 Å². The van der Waals surface area contributed by atoms with E-state index in [1.54, 1.807) is 19.3 Å². The Balaban J connectivity index is 1.92. The van der Waals surface area contributed by atoms with Crippen LogP contribution in [0.3, 0.4) is 0 Å². The first-order valence-electron chi connectivity index (χ1n) is 6.06. The lowest BCUT2D eigenvalue weighted by Crippen LogP contribution is -1.98. The number of nitrogens with zero attached hydrogens (tertiary/aromatic N) is 2. The van der Waals surface area contributed by atoms with Crippen LogP contribution in [-0.2, 0) is 13.0 Å². The summed E-state index contributed by atoms with van der Waals surface area (Å²) in [6.07, 6.45) is 4.16. The summed E-state index contributed by atoms with van der Waals surface area (Å²) < 4.78 is 5.66. The van der Waals surface area contributed by atoms with Gasteiger partial charge in [-0.25, -0.2) is 0 Å². The fourth-order valence-electron chi connectivity index (χ4n) is 1.68. The molecule has 1 N–H and O–H groups in total. The second kappa shape index (κ2) is 6.54. The van der Waals surface area contributed by atoms with E-state index in [9.17, 15) is 0 Å². The number of aromatic nitrogens is 1. The van der Waals surface area contributed by atoms with Crippen LogP contribution in [0.25, 0.3) is 0 Å². The van der Waals surface area contributed by atoms with Gasteiger partial charge in [-0.05, 0) is 30.7 Å². The van der Waals surface area contributed by atoms with Crippen molar-refractivity contribution in [3.63, 3.8) is 0 Å². The van der Waals surface area contributed by atoms with E-state index in [2.05, 4.69) is 10.1 Å². The molecule has 0 bridgehead atoms. The highest BCUT2D eigenvalue weighted by molar-refractivity contribution is 5.83. The molecule has 2 rings (SSSR count). The molecule has 0 aliphatic carbocycles. The molecule has 0 saturated carbocycles. The summed E-state index contributed by atoms with van der Waals surface area (Å²) in [5.74, 6) is 0.811. The zero-order valence-corrected chi connectivity index (χ0v) is 10.8. The normalized spacial score (nSPS) is 11.3. The van der Waals surface area contributed by atoms with Crippen LogP contribution in [0.4, 0.5) is 0 Å². The van der Waals surface area contributed by atoms with Crippen molar-refractivity contribution in [1.82, 2.24) is 4.98 Å². The highest BCUT2D eigenvalue weighted by Gasteiger charge is 1.99. The van der Waals surface area contributed by atoms with Gasteiger partial charge in [0.2, 0.25) is 0 Å². The first-order chi connectivity index (χ1) is 9.28. The fourth-order valence-corrected chi connectivity index (χ4v) is 1.68. The predicted molar refractivity (Wildman–Crippen MR) is 73.6 cm³/mol. The predicted octanol–water partition coefficient (Wildman–Crippen LogP) is 3.05. The van der Waals surface area contributed by atoms with Crippen LogP contribution < -0.4 is 4.74 Å². The summed E-state index contributed by atoms with van der Waals surface area (Å²) >= 11 is 0. The van der Waals surface area contributed by atoms with Crippen LogP contribution in [0.5, 0.6) is 5.75 Å². The molecule has 4 nitrogen and oxygen atoms in total. The number of hydrogen-bond acceptors (Lipinski definition) is 4. The van der Waals surface area contributed by atoms with Gasteiger partial charge in [0.25, 0.3) is 0 Å². The number of rotatable bonds is 5. The van der Waals surface area contributed by atoms with Gasteiger partial charge in [-0.3, -0.25) is 4.98 Å². The molecular formula is C15H16N2O2. The Morgan fingerprint density at radius 1 is 1.21 bits per heavy atom. The highest BCUT2D eigenvalue weighted by atomic mass is 16.5. The molecule has 0 atom stereocenters. The molecule has 0 radical (unpaired) electrons. The molecular weight excluding hydrogens is 240 g/mol. The third-order valence-electron chi connectivity index (χ3n) is 2.68. The van der Waals surface area contributed by atoms with Crippen LogP contribution in [0.2, 0.25) is 0 Å². The Morgan fingerprint density at radius 2 is 2.00 bits per heavy atom. The van der Waals surface area contributed by atoms with Gasteiger partial charge >= 0.3 is 0 Å². The number of hydrogen-bond donors (Lipinski definition) is 1. The van der Waals surface area contributed by atoms with Crippen LogP contribution in [0, 0.1) is 0 Å². The van der Waals surface area contributed by atoms with Crippen molar-refractivity contribution in [2.45, 2.75) is 20.0 Å². The molecule has 0 aliphatic heterocycles. The minimum absolute atomic E-state index is 0.504. The summed E-state index contributed by atoms with van der Waals surface area (Å²) in [4.78, 5) is 4.04. The van der Waals surface area contributed by atoms with E-state index in [1.165, 1.54) is 0 Å². The Kier molecular flexibility index (Phi) is 4.50. The first kappa shape index (κ1) is 13.1. The lowest BCUT2D eigenvalue weighted by atomic mass is 10.1. The molecule has 2 aromatic rings. The van der Waals surface area contributed by atoms with Gasteiger partial charge in [-0.2, -0.15) is 0 Å². The Morgan fingerprint density at radius 3 is 2.63 bits per heavy atom. The average Bonchev–Trinajstić information content (AvgIpc) is 2.47. The summed E-state index contributed by atoms with van der Waals surface area (Å²) in [6, 6.07) is 11.6. The van der Waals surface area contributed by atoms with Crippen molar-refractivity contribution in [3.05, 3.63) is 59.9 Å². The summed E-state index contributed by atoms with van der Waals surface area (Å²) in [5, 5.41) is 11.8. The lowest BCUT2D eigenvalue weighted by Gasteiger charge is -2.07. The Bertz CT molecular complexity index is 536. The van der Waals surface area contributed by atoms with Crippen molar-refractivity contribution >= 4 is 5.71 Å². The largest absolute Gasteiger partial charge is 0.489 e. The zero-order valence-electron chi connectivity index (χ0n) is 10.8. The number of oxime groups is 1. The third-order valence-corrected chi connectivity index (χ3v) is 2.68. The fraction of sp³-hybridized carbons (Fsp3) is 0.200. The van der Waals surface area contributed by atoms with Gasteiger partial charge in [-0.15, -0.1) is 0 Å². The van der Waals surface area contributed by atoms with E-state index < -0.39 is 0 Å². The number of ether oxygens (including phenoxy) is 1. The quantitative estimate of drug-likeness (QED) is 0.508. The Hall–Kier alpha value is -2.36. The maximum atomic E-state index is 8.62. The minimum Gasteiger partial charge on any atom is -0.489 e. The SMILES string of the molecule is C/C(Cc1ccc(OCc2cccnc2)cc1)=N/O. The van der Waals surface area contributed by atoms with Crippen LogP contribution in [-0.4, -0.2) is 15.9 Å². The molecule has 1 heterocycles. The van der Waals surface area contributed by atoms with E-state index >= 15 is 0 Å². The smallest absolute Gasteiger partial charge is 0.119 e. The molecule has 4 heteroatoms. The van der Waals surface area contributed by atoms with E-state index in [1.807, 2.05) is 36.4 Å². The van der Waals surface area contributed by atoms with E-state index in [0.717, 1.165) is 16.9 Å². The van der Waals surface area contributed by atoms with Crippen molar-refractivity contribution in [2.75, 3.05) is 0 Å². The maximum Gasteiger partial charge on any atom is 0.119 e. The van der Waals surface area contributed by atoms with Gasteiger partial charge in [0, 0.05) is 24.4 Å². The average molecular weight is 256 g/mol. The molecule has 0 aliphatic rings. The molecule has 0 saturated heterocycles. The molecule has 0 unspecified atom stereocenters. The molecule has 98 valence electrons. The highest BCUT2D eigenvalue weighted by Crippen LogP contribution is 2.14. The standard InChI is InChI=1S/C15H16N2O2/c1-12(17-18)9-13-4-6-15(7-5-13)19-11-14-3-2-8-16-10-14/h2-8,10,18H,9,11H2,1H3/b17-12-. The minimum atomic E-state index is 0.504. The molecule has 1 aromatic carbocycles. The Labute approximate surface area is 112 Å². The topological polar surface area (TPSA) is 54.7 Å². The van der Waals surface area contributed by atoms with E-state index in [-0.39, 0.29) is 0 Å². The second-order valence-electron chi connectivity index (χ2n) is 4.31. The van der Waals surface area contributed by atoms with Crippen LogP contribution in [0.1, 0.15) is 18.1 Å². The molecule has 19 heavy (non-hydrogen) atoms. The van der Waals surface area contributed by atoms with Crippen molar-refractivity contribution < 1.29 is 9.94 Å².